The molecule has 2 heterocycles. The molecule has 2 atom stereocenters. The second kappa shape index (κ2) is 9.92. The number of rotatable bonds is 7. The second-order valence-electron chi connectivity index (χ2n) is 7.31. The molecule has 1 aliphatic carbocycles. The van der Waals surface area contributed by atoms with Crippen molar-refractivity contribution in [1.29, 1.82) is 0 Å². The van der Waals surface area contributed by atoms with Gasteiger partial charge in [-0.25, -0.2) is 0 Å². The summed E-state index contributed by atoms with van der Waals surface area (Å²) < 4.78 is 1.77. The Labute approximate surface area is 161 Å². The van der Waals surface area contributed by atoms with E-state index in [0.29, 0.717) is 32.0 Å². The number of halogens is 1. The SMILES string of the molecule is Cl.Cn1cc([C@H]2CNC[C@@H]2C(=O)NCCNC(=O)CC2CCCC2)cn1. The molecule has 0 unspecified atom stereocenters. The van der Waals surface area contributed by atoms with Crippen LogP contribution in [0.25, 0.3) is 0 Å². The van der Waals surface area contributed by atoms with Gasteiger partial charge in [-0.1, -0.05) is 12.8 Å². The van der Waals surface area contributed by atoms with Gasteiger partial charge in [0.2, 0.25) is 11.8 Å². The van der Waals surface area contributed by atoms with E-state index in [1.165, 1.54) is 25.7 Å². The molecule has 26 heavy (non-hydrogen) atoms. The fraction of sp³-hybridized carbons (Fsp3) is 0.722. The Kier molecular flexibility index (Phi) is 7.90. The molecule has 8 heteroatoms. The van der Waals surface area contributed by atoms with Crippen molar-refractivity contribution in [2.24, 2.45) is 18.9 Å². The highest BCUT2D eigenvalue weighted by Crippen LogP contribution is 2.28. The van der Waals surface area contributed by atoms with E-state index in [2.05, 4.69) is 21.0 Å². The van der Waals surface area contributed by atoms with E-state index in [-0.39, 0.29) is 36.1 Å². The topological polar surface area (TPSA) is 88.0 Å². The fourth-order valence-corrected chi connectivity index (χ4v) is 4.00. The summed E-state index contributed by atoms with van der Waals surface area (Å²) in [6.45, 7) is 2.45. The Bertz CT molecular complexity index is 600. The van der Waals surface area contributed by atoms with Crippen LogP contribution >= 0.6 is 12.4 Å². The van der Waals surface area contributed by atoms with Crippen LogP contribution in [0.1, 0.15) is 43.6 Å². The Morgan fingerprint density at radius 3 is 2.65 bits per heavy atom. The Morgan fingerprint density at radius 1 is 1.23 bits per heavy atom. The normalized spacial score (nSPS) is 22.8. The smallest absolute Gasteiger partial charge is 0.225 e. The maximum atomic E-state index is 12.5. The van der Waals surface area contributed by atoms with Crippen LogP contribution in [-0.2, 0) is 16.6 Å². The molecule has 2 amide bonds. The van der Waals surface area contributed by atoms with Gasteiger partial charge in [0.15, 0.2) is 0 Å². The number of nitrogens with zero attached hydrogens (tertiary/aromatic N) is 2. The van der Waals surface area contributed by atoms with Gasteiger partial charge in [0.1, 0.15) is 0 Å². The largest absolute Gasteiger partial charge is 0.354 e. The number of nitrogens with one attached hydrogen (secondary N) is 3. The molecule has 1 saturated heterocycles. The lowest BCUT2D eigenvalue weighted by Crippen LogP contribution is -2.39. The Hall–Kier alpha value is -1.60. The third kappa shape index (κ3) is 5.45. The van der Waals surface area contributed by atoms with Crippen LogP contribution in [0.4, 0.5) is 0 Å². The van der Waals surface area contributed by atoms with Gasteiger partial charge in [0.05, 0.1) is 12.1 Å². The quantitative estimate of drug-likeness (QED) is 0.612. The molecule has 2 fully saturated rings. The van der Waals surface area contributed by atoms with E-state index in [0.717, 1.165) is 12.1 Å². The molecule has 1 aromatic heterocycles. The van der Waals surface area contributed by atoms with Gasteiger partial charge in [-0.15, -0.1) is 12.4 Å². The molecule has 3 N–H and O–H groups in total. The number of hydrogen-bond acceptors (Lipinski definition) is 4. The van der Waals surface area contributed by atoms with Crippen molar-refractivity contribution in [2.75, 3.05) is 26.2 Å². The summed E-state index contributed by atoms with van der Waals surface area (Å²) in [7, 11) is 1.88. The molecule has 1 aliphatic heterocycles. The van der Waals surface area contributed by atoms with Gasteiger partial charge >= 0.3 is 0 Å². The summed E-state index contributed by atoms with van der Waals surface area (Å²) in [5.74, 6) is 0.782. The lowest BCUT2D eigenvalue weighted by atomic mass is 9.90. The summed E-state index contributed by atoms with van der Waals surface area (Å²) in [4.78, 5) is 24.4. The van der Waals surface area contributed by atoms with E-state index < -0.39 is 0 Å². The molecule has 1 saturated carbocycles. The number of carbonyl (C=O) groups is 2. The highest BCUT2D eigenvalue weighted by molar-refractivity contribution is 5.85. The van der Waals surface area contributed by atoms with Crippen LogP contribution in [0.15, 0.2) is 12.4 Å². The zero-order valence-corrected chi connectivity index (χ0v) is 16.2. The average molecular weight is 384 g/mol. The first-order valence-electron chi connectivity index (χ1n) is 9.37. The molecular weight excluding hydrogens is 354 g/mol. The van der Waals surface area contributed by atoms with Crippen molar-refractivity contribution in [2.45, 2.75) is 38.0 Å². The van der Waals surface area contributed by atoms with E-state index in [1.807, 2.05) is 19.4 Å². The van der Waals surface area contributed by atoms with Gasteiger partial charge < -0.3 is 16.0 Å². The second-order valence-corrected chi connectivity index (χ2v) is 7.31. The molecule has 7 nitrogen and oxygen atoms in total. The molecular formula is C18H30ClN5O2. The predicted octanol–water partition coefficient (Wildman–Crippen LogP) is 0.958. The van der Waals surface area contributed by atoms with Crippen molar-refractivity contribution in [3.63, 3.8) is 0 Å². The molecule has 0 radical (unpaired) electrons. The minimum Gasteiger partial charge on any atom is -0.354 e. The van der Waals surface area contributed by atoms with Crippen LogP contribution in [0.5, 0.6) is 0 Å². The van der Waals surface area contributed by atoms with Crippen LogP contribution in [0.2, 0.25) is 0 Å². The summed E-state index contributed by atoms with van der Waals surface area (Å²) in [6.07, 6.45) is 9.29. The van der Waals surface area contributed by atoms with Gasteiger partial charge in [-0.2, -0.15) is 5.10 Å². The Morgan fingerprint density at radius 2 is 1.96 bits per heavy atom. The zero-order valence-electron chi connectivity index (χ0n) is 15.4. The first-order chi connectivity index (χ1) is 12.1. The monoisotopic (exact) mass is 383 g/mol. The minimum atomic E-state index is -0.0848. The van der Waals surface area contributed by atoms with Gasteiger partial charge in [0.25, 0.3) is 0 Å². The zero-order chi connectivity index (χ0) is 17.6. The molecule has 0 aromatic carbocycles. The van der Waals surface area contributed by atoms with E-state index >= 15 is 0 Å². The number of amides is 2. The summed E-state index contributed by atoms with van der Waals surface area (Å²) >= 11 is 0. The number of carbonyl (C=O) groups excluding carboxylic acids is 2. The van der Waals surface area contributed by atoms with Crippen molar-refractivity contribution in [3.05, 3.63) is 18.0 Å². The van der Waals surface area contributed by atoms with Crippen molar-refractivity contribution in [3.8, 4) is 0 Å². The van der Waals surface area contributed by atoms with E-state index in [9.17, 15) is 9.59 Å². The third-order valence-electron chi connectivity index (χ3n) is 5.40. The van der Waals surface area contributed by atoms with Crippen molar-refractivity contribution >= 4 is 24.2 Å². The molecule has 0 bridgehead atoms. The molecule has 2 aliphatic rings. The highest BCUT2D eigenvalue weighted by atomic mass is 35.5. The fourth-order valence-electron chi connectivity index (χ4n) is 4.00. The maximum absolute atomic E-state index is 12.5. The van der Waals surface area contributed by atoms with E-state index in [1.54, 1.807) is 4.68 Å². The maximum Gasteiger partial charge on any atom is 0.225 e. The first kappa shape index (κ1) is 20.7. The number of aromatic nitrogens is 2. The lowest BCUT2D eigenvalue weighted by molar-refractivity contribution is -0.125. The summed E-state index contributed by atoms with van der Waals surface area (Å²) in [6, 6.07) is 0. The summed E-state index contributed by atoms with van der Waals surface area (Å²) in [5, 5.41) is 13.4. The highest BCUT2D eigenvalue weighted by Gasteiger charge is 2.34. The lowest BCUT2D eigenvalue weighted by Gasteiger charge is -2.17. The Balaban J connectivity index is 0.00000243. The van der Waals surface area contributed by atoms with E-state index in [4.69, 9.17) is 0 Å². The minimum absolute atomic E-state index is 0. The first-order valence-corrected chi connectivity index (χ1v) is 9.37. The van der Waals surface area contributed by atoms with Gasteiger partial charge in [0, 0.05) is 51.8 Å². The van der Waals surface area contributed by atoms with Crippen LogP contribution in [-0.4, -0.2) is 47.8 Å². The van der Waals surface area contributed by atoms with Gasteiger partial charge in [-0.3, -0.25) is 14.3 Å². The van der Waals surface area contributed by atoms with Gasteiger partial charge in [-0.05, 0) is 24.3 Å². The predicted molar refractivity (Wildman–Crippen MR) is 102 cm³/mol. The molecule has 0 spiro atoms. The standard InChI is InChI=1S/C18H29N5O2.ClH/c1-23-12-14(9-22-23)15-10-19-11-16(15)18(25)21-7-6-20-17(24)8-13-4-2-3-5-13;/h9,12-13,15-16,19H,2-8,10-11H2,1H3,(H,20,24)(H,21,25);1H/t15-,16+;/m1./s1. The van der Waals surface area contributed by atoms with Crippen LogP contribution < -0.4 is 16.0 Å². The van der Waals surface area contributed by atoms with Crippen LogP contribution in [0, 0.1) is 11.8 Å². The van der Waals surface area contributed by atoms with Crippen molar-refractivity contribution < 1.29 is 9.59 Å². The molecule has 3 rings (SSSR count). The van der Waals surface area contributed by atoms with Crippen molar-refractivity contribution in [1.82, 2.24) is 25.7 Å². The number of aryl methyl sites for hydroxylation is 1. The summed E-state index contributed by atoms with van der Waals surface area (Å²) in [5.41, 5.74) is 1.09. The van der Waals surface area contributed by atoms with Crippen LogP contribution in [0.3, 0.4) is 0 Å². The molecule has 146 valence electrons. The molecule has 1 aromatic rings. The third-order valence-corrected chi connectivity index (χ3v) is 5.40. The number of hydrogen-bond donors (Lipinski definition) is 3. The average Bonchev–Trinajstić information content (AvgIpc) is 3.32.